The van der Waals surface area contributed by atoms with Crippen LogP contribution in [0.5, 0.6) is 0 Å². The Kier molecular flexibility index (Phi) is 35.6. The van der Waals surface area contributed by atoms with Crippen LogP contribution in [0.1, 0.15) is 136 Å². The maximum atomic E-state index is 12.2. The lowest BCUT2D eigenvalue weighted by Gasteiger charge is -2.20. The van der Waals surface area contributed by atoms with Crippen LogP contribution in [0.3, 0.4) is 0 Å². The molecule has 0 aliphatic rings. The van der Waals surface area contributed by atoms with E-state index in [2.05, 4.69) is 86.8 Å². The van der Waals surface area contributed by atoms with Crippen molar-refractivity contribution in [1.29, 1.82) is 0 Å². The van der Waals surface area contributed by atoms with Gasteiger partial charge in [-0.25, -0.2) is 4.57 Å². The molecule has 0 heterocycles. The molecular weight excluding hydrogens is 637 g/mol. The van der Waals surface area contributed by atoms with E-state index in [0.29, 0.717) is 13.0 Å². The minimum atomic E-state index is -4.26. The zero-order chi connectivity index (χ0) is 35.9. The van der Waals surface area contributed by atoms with E-state index >= 15 is 0 Å². The number of rotatable bonds is 35. The van der Waals surface area contributed by atoms with Gasteiger partial charge in [-0.2, -0.15) is 0 Å². The van der Waals surface area contributed by atoms with E-state index in [1.807, 2.05) is 0 Å². The standard InChI is InChI=1S/C40H70NO7P/c1-3-5-7-9-10-11-12-13-14-15-16-17-18-19-20-21-22-23-24-25-26-27-28-29-30-32-35-45-37-39(38-47-49(43,44)46-36-34-41)48-40(42)33-31-8-6-4-2/h5,7,10-11,13-14,16-17,19-20,22-23,39H,3-4,6,8-9,12,15,18,21,24-38,41H2,1-2H3,(H,43,44)/b7-5-,11-10-,14-13-,17-16-,20-19-,23-22-. The summed E-state index contributed by atoms with van der Waals surface area (Å²) in [5.41, 5.74) is 5.32. The monoisotopic (exact) mass is 707 g/mol. The maximum absolute atomic E-state index is 12.2. The normalized spacial score (nSPS) is 14.4. The number of allylic oxidation sites excluding steroid dienone is 12. The zero-order valence-corrected chi connectivity index (χ0v) is 31.8. The number of carbonyl (C=O) groups excluding carboxylic acids is 1. The summed E-state index contributed by atoms with van der Waals surface area (Å²) in [4.78, 5) is 22.0. The van der Waals surface area contributed by atoms with E-state index in [1.54, 1.807) is 0 Å². The van der Waals surface area contributed by atoms with Crippen LogP contribution in [0.15, 0.2) is 72.9 Å². The fraction of sp³-hybridized carbons (Fsp3) is 0.675. The van der Waals surface area contributed by atoms with Crippen LogP contribution in [0.2, 0.25) is 0 Å². The topological polar surface area (TPSA) is 117 Å². The van der Waals surface area contributed by atoms with Gasteiger partial charge in [0.25, 0.3) is 0 Å². The van der Waals surface area contributed by atoms with Gasteiger partial charge in [-0.3, -0.25) is 13.8 Å². The lowest BCUT2D eigenvalue weighted by atomic mass is 10.1. The molecule has 2 unspecified atom stereocenters. The Bertz CT molecular complexity index is 974. The van der Waals surface area contributed by atoms with Gasteiger partial charge in [-0.05, 0) is 64.2 Å². The number of hydrogen-bond donors (Lipinski definition) is 2. The van der Waals surface area contributed by atoms with Crippen molar-refractivity contribution in [3.05, 3.63) is 72.9 Å². The van der Waals surface area contributed by atoms with Crippen molar-refractivity contribution in [2.75, 3.05) is 33.0 Å². The first-order chi connectivity index (χ1) is 23.9. The van der Waals surface area contributed by atoms with Crippen molar-refractivity contribution >= 4 is 13.8 Å². The molecular formula is C40H70NO7P. The number of ether oxygens (including phenoxy) is 2. The Morgan fingerprint density at radius 1 is 0.633 bits per heavy atom. The maximum Gasteiger partial charge on any atom is 0.472 e. The molecule has 49 heavy (non-hydrogen) atoms. The molecule has 0 aromatic heterocycles. The molecule has 0 aromatic rings. The Hall–Kier alpha value is -2.06. The summed E-state index contributed by atoms with van der Waals surface area (Å²) in [6, 6.07) is 0. The fourth-order valence-corrected chi connectivity index (χ4v) is 5.41. The number of hydrogen-bond acceptors (Lipinski definition) is 7. The van der Waals surface area contributed by atoms with Gasteiger partial charge in [0, 0.05) is 19.6 Å². The van der Waals surface area contributed by atoms with Crippen molar-refractivity contribution < 1.29 is 32.8 Å². The Morgan fingerprint density at radius 3 is 1.69 bits per heavy atom. The number of unbranched alkanes of at least 4 members (excludes halogenated alkanes) is 10. The molecule has 0 saturated heterocycles. The predicted molar refractivity (Wildman–Crippen MR) is 205 cm³/mol. The van der Waals surface area contributed by atoms with Gasteiger partial charge in [0.05, 0.1) is 19.8 Å². The highest BCUT2D eigenvalue weighted by Crippen LogP contribution is 2.43. The van der Waals surface area contributed by atoms with E-state index in [4.69, 9.17) is 24.3 Å². The van der Waals surface area contributed by atoms with Crippen LogP contribution in [0, 0.1) is 0 Å². The molecule has 0 fully saturated rings. The Balaban J connectivity index is 3.87. The molecule has 0 saturated carbocycles. The molecule has 0 aromatic carbocycles. The van der Waals surface area contributed by atoms with Crippen LogP contribution in [-0.2, 0) is 27.9 Å². The molecule has 0 aliphatic heterocycles. The average Bonchev–Trinajstić information content (AvgIpc) is 3.09. The van der Waals surface area contributed by atoms with E-state index < -0.39 is 13.9 Å². The number of nitrogens with two attached hydrogens (primary N) is 1. The largest absolute Gasteiger partial charge is 0.472 e. The van der Waals surface area contributed by atoms with Crippen LogP contribution in [0.25, 0.3) is 0 Å². The van der Waals surface area contributed by atoms with Crippen LogP contribution in [0.4, 0.5) is 0 Å². The second-order valence-corrected chi connectivity index (χ2v) is 13.5. The van der Waals surface area contributed by atoms with E-state index in [1.165, 1.54) is 25.7 Å². The molecule has 3 N–H and O–H groups in total. The summed E-state index contributed by atoms with van der Waals surface area (Å²) in [6.07, 6.45) is 45.5. The SMILES string of the molecule is CC/C=C\C/C=C\C/C=C\C/C=C\C/C=C\C/C=C\CCCCCCCCCOCC(COP(=O)(O)OCCN)OC(=O)CCCCCC. The van der Waals surface area contributed by atoms with E-state index in [0.717, 1.165) is 89.9 Å². The summed E-state index contributed by atoms with van der Waals surface area (Å²) < 4.78 is 33.0. The van der Waals surface area contributed by atoms with Crippen LogP contribution >= 0.6 is 7.82 Å². The Labute approximate surface area is 299 Å². The molecule has 9 heteroatoms. The van der Waals surface area contributed by atoms with Gasteiger partial charge in [-0.15, -0.1) is 0 Å². The number of carbonyl (C=O) groups is 1. The minimum absolute atomic E-state index is 0.0948. The highest BCUT2D eigenvalue weighted by atomic mass is 31.2. The molecule has 0 bridgehead atoms. The van der Waals surface area contributed by atoms with Gasteiger partial charge >= 0.3 is 13.8 Å². The number of esters is 1. The van der Waals surface area contributed by atoms with E-state index in [-0.39, 0.29) is 32.3 Å². The lowest BCUT2D eigenvalue weighted by Crippen LogP contribution is -2.28. The van der Waals surface area contributed by atoms with Gasteiger partial charge in [0.1, 0.15) is 6.10 Å². The molecule has 8 nitrogen and oxygen atoms in total. The minimum Gasteiger partial charge on any atom is -0.457 e. The third-order valence-corrected chi connectivity index (χ3v) is 8.37. The summed E-state index contributed by atoms with van der Waals surface area (Å²) in [5.74, 6) is -0.357. The van der Waals surface area contributed by atoms with Crippen molar-refractivity contribution in [3.63, 3.8) is 0 Å². The molecule has 0 spiro atoms. The fourth-order valence-electron chi connectivity index (χ4n) is 4.64. The second kappa shape index (κ2) is 37.2. The third kappa shape index (κ3) is 37.0. The average molecular weight is 708 g/mol. The lowest BCUT2D eigenvalue weighted by molar-refractivity contribution is -0.154. The van der Waals surface area contributed by atoms with E-state index in [9.17, 15) is 14.3 Å². The van der Waals surface area contributed by atoms with Gasteiger partial charge < -0.3 is 20.1 Å². The number of phosphoric ester groups is 1. The summed E-state index contributed by atoms with van der Waals surface area (Å²) in [7, 11) is -4.26. The van der Waals surface area contributed by atoms with Crippen molar-refractivity contribution in [1.82, 2.24) is 0 Å². The highest BCUT2D eigenvalue weighted by molar-refractivity contribution is 7.47. The van der Waals surface area contributed by atoms with Crippen molar-refractivity contribution in [3.8, 4) is 0 Å². The van der Waals surface area contributed by atoms with Gasteiger partial charge in [-0.1, -0.05) is 138 Å². The number of phosphoric acid groups is 1. The molecule has 0 radical (unpaired) electrons. The first kappa shape index (κ1) is 46.9. The van der Waals surface area contributed by atoms with Gasteiger partial charge in [0.15, 0.2) is 0 Å². The summed E-state index contributed by atoms with van der Waals surface area (Å²) in [5, 5.41) is 0. The molecule has 0 rings (SSSR count). The first-order valence-corrected chi connectivity index (χ1v) is 20.4. The summed E-state index contributed by atoms with van der Waals surface area (Å²) >= 11 is 0. The van der Waals surface area contributed by atoms with Crippen molar-refractivity contribution in [2.24, 2.45) is 5.73 Å². The Morgan fingerprint density at radius 2 is 1.14 bits per heavy atom. The smallest absolute Gasteiger partial charge is 0.457 e. The predicted octanol–water partition coefficient (Wildman–Crippen LogP) is 10.8. The molecule has 282 valence electrons. The van der Waals surface area contributed by atoms with Gasteiger partial charge in [0.2, 0.25) is 0 Å². The van der Waals surface area contributed by atoms with Crippen LogP contribution in [-0.4, -0.2) is 49.9 Å². The molecule has 0 aliphatic carbocycles. The first-order valence-electron chi connectivity index (χ1n) is 18.9. The summed E-state index contributed by atoms with van der Waals surface area (Å²) in [6.45, 7) is 4.62. The highest BCUT2D eigenvalue weighted by Gasteiger charge is 2.25. The molecule has 2 atom stereocenters. The van der Waals surface area contributed by atoms with Crippen LogP contribution < -0.4 is 5.73 Å². The zero-order valence-electron chi connectivity index (χ0n) is 30.9. The quantitative estimate of drug-likeness (QED) is 0.0289. The molecule has 0 amide bonds. The second-order valence-electron chi connectivity index (χ2n) is 12.1. The third-order valence-electron chi connectivity index (χ3n) is 7.39. The van der Waals surface area contributed by atoms with Crippen molar-refractivity contribution in [2.45, 2.75) is 142 Å².